The van der Waals surface area contributed by atoms with Gasteiger partial charge in [-0.1, -0.05) is 0 Å². The molecule has 0 aliphatic rings. The second kappa shape index (κ2) is 1.57. The number of sulfonamides is 1. The molecule has 0 fully saturated rings. The summed E-state index contributed by atoms with van der Waals surface area (Å²) >= 11 is 0. The summed E-state index contributed by atoms with van der Waals surface area (Å²) in [5, 5.41) is 0. The van der Waals surface area contributed by atoms with E-state index in [0.717, 1.165) is 0 Å². The van der Waals surface area contributed by atoms with Crippen molar-refractivity contribution < 1.29 is 8.42 Å². The Bertz CT molecular complexity index is 114. The first kappa shape index (κ1) is 5.91. The van der Waals surface area contributed by atoms with E-state index >= 15 is 0 Å². The zero-order chi connectivity index (χ0) is 5.21. The Balaban J connectivity index is 3.85. The maximum Gasteiger partial charge on any atom is 0.217 e. The molecule has 0 aromatic heterocycles. The van der Waals surface area contributed by atoms with Crippen molar-refractivity contribution in [1.29, 1.82) is 0 Å². The summed E-state index contributed by atoms with van der Waals surface area (Å²) < 4.78 is 21.2. The number of rotatable bonds is 1. The summed E-state index contributed by atoms with van der Waals surface area (Å²) in [5.74, 6) is 0. The molecule has 0 heterocycles. The zero-order valence-corrected chi connectivity index (χ0v) is 4.12. The van der Waals surface area contributed by atoms with E-state index in [0.29, 0.717) is 0 Å². The Labute approximate surface area is 37.4 Å². The van der Waals surface area contributed by atoms with Crippen molar-refractivity contribution in [1.82, 2.24) is 4.72 Å². The summed E-state index contributed by atoms with van der Waals surface area (Å²) in [6, 6.07) is 0. The fourth-order valence-corrected chi connectivity index (χ4v) is 0. The zero-order valence-electron chi connectivity index (χ0n) is 3.30. The maximum atomic E-state index is 9.67. The molecule has 0 aliphatic heterocycles. The molecule has 0 saturated carbocycles. The van der Waals surface area contributed by atoms with E-state index < -0.39 is 10.0 Å². The Morgan fingerprint density at radius 2 is 1.83 bits per heavy atom. The van der Waals surface area contributed by atoms with E-state index in [1.54, 1.807) is 0 Å². The van der Waals surface area contributed by atoms with Gasteiger partial charge in [-0.3, -0.25) is 0 Å². The molecule has 0 unspecified atom stereocenters. The molecule has 0 aliphatic carbocycles. The van der Waals surface area contributed by atoms with Gasteiger partial charge in [0, 0.05) is 0 Å². The highest BCUT2D eigenvalue weighted by atomic mass is 32.2. The molecule has 2 radical (unpaired) electrons. The van der Waals surface area contributed by atoms with Crippen LogP contribution in [0.2, 0.25) is 0 Å². The van der Waals surface area contributed by atoms with Gasteiger partial charge in [-0.15, -0.1) is 0 Å². The van der Waals surface area contributed by atoms with Crippen LogP contribution in [-0.4, -0.2) is 15.5 Å². The minimum atomic E-state index is -3.41. The topological polar surface area (TPSA) is 46.2 Å². The van der Waals surface area contributed by atoms with Crippen LogP contribution in [0.25, 0.3) is 0 Å². The van der Waals surface area contributed by atoms with Gasteiger partial charge in [0.15, 0.2) is 0 Å². The highest BCUT2D eigenvalue weighted by Gasteiger charge is 1.89. The van der Waals surface area contributed by atoms with E-state index in [-0.39, 0.29) is 0 Å². The standard InChI is InChI=1S/C2H5NO2S/c1-3-6(2,4)5/h2-3H,1H3. The van der Waals surface area contributed by atoms with Gasteiger partial charge >= 0.3 is 0 Å². The summed E-state index contributed by atoms with van der Waals surface area (Å²) in [6.45, 7) is 0. The number of nitrogens with one attached hydrogen (secondary N) is 1. The lowest BCUT2D eigenvalue weighted by molar-refractivity contribution is 0.597. The molecule has 4 heteroatoms. The van der Waals surface area contributed by atoms with Crippen molar-refractivity contribution in [2.24, 2.45) is 0 Å². The summed E-state index contributed by atoms with van der Waals surface area (Å²) in [5.41, 5.74) is 0. The third kappa shape index (κ3) is 3.91. The van der Waals surface area contributed by atoms with Crippen molar-refractivity contribution in [3.05, 3.63) is 6.26 Å². The Hall–Kier alpha value is -0.0900. The summed E-state index contributed by atoms with van der Waals surface area (Å²) in [4.78, 5) is 0. The van der Waals surface area contributed by atoms with Crippen molar-refractivity contribution in [3.8, 4) is 0 Å². The fraction of sp³-hybridized carbons (Fsp3) is 0.500. The van der Waals surface area contributed by atoms with Crippen LogP contribution in [0.3, 0.4) is 0 Å². The molecule has 0 amide bonds. The lowest BCUT2D eigenvalue weighted by atomic mass is 11.6. The van der Waals surface area contributed by atoms with Crippen LogP contribution in [0.4, 0.5) is 0 Å². The monoisotopic (exact) mass is 107 g/mol. The lowest BCUT2D eigenvalue weighted by Crippen LogP contribution is -2.13. The molecule has 0 bridgehead atoms. The third-order valence-electron chi connectivity index (χ3n) is 0.285. The van der Waals surface area contributed by atoms with E-state index in [1.807, 2.05) is 4.72 Å². The lowest BCUT2D eigenvalue weighted by Gasteiger charge is -1.84. The second-order valence-electron chi connectivity index (χ2n) is 0.749. The van der Waals surface area contributed by atoms with Crippen LogP contribution in [0, 0.1) is 6.26 Å². The first-order valence-corrected chi connectivity index (χ1v) is 2.82. The fourth-order valence-electron chi connectivity index (χ4n) is 0. The van der Waals surface area contributed by atoms with Gasteiger partial charge in [-0.05, 0) is 7.05 Å². The molecule has 6 heavy (non-hydrogen) atoms. The molecule has 0 spiro atoms. The molecule has 0 aromatic carbocycles. The molecule has 36 valence electrons. The average molecular weight is 107 g/mol. The number of hydrogen-bond donors (Lipinski definition) is 1. The van der Waals surface area contributed by atoms with Gasteiger partial charge in [-0.2, -0.15) is 0 Å². The van der Waals surface area contributed by atoms with Gasteiger partial charge in [0.25, 0.3) is 0 Å². The molecule has 0 atom stereocenters. The average Bonchev–Trinajstić information content (AvgIpc) is 1.35. The number of hydrogen-bond acceptors (Lipinski definition) is 2. The first-order chi connectivity index (χ1) is 2.56. The van der Waals surface area contributed by atoms with Crippen LogP contribution >= 0.6 is 0 Å². The van der Waals surface area contributed by atoms with Crippen LogP contribution in [-0.2, 0) is 10.0 Å². The van der Waals surface area contributed by atoms with E-state index in [9.17, 15) is 8.42 Å². The van der Waals surface area contributed by atoms with Crippen LogP contribution in [0.15, 0.2) is 0 Å². The Morgan fingerprint density at radius 3 is 1.83 bits per heavy atom. The van der Waals surface area contributed by atoms with Crippen molar-refractivity contribution in [2.75, 3.05) is 7.05 Å². The Kier molecular flexibility index (Phi) is 1.55. The third-order valence-corrected chi connectivity index (χ3v) is 0.854. The van der Waals surface area contributed by atoms with Crippen LogP contribution in [0.5, 0.6) is 0 Å². The molecular weight excluding hydrogens is 102 g/mol. The first-order valence-electron chi connectivity index (χ1n) is 1.27. The van der Waals surface area contributed by atoms with E-state index in [2.05, 4.69) is 6.26 Å². The van der Waals surface area contributed by atoms with Gasteiger partial charge in [-0.25, -0.2) is 13.1 Å². The predicted octanol–water partition coefficient (Wildman–Crippen LogP) is -0.796. The van der Waals surface area contributed by atoms with Gasteiger partial charge in [0.1, 0.15) is 6.26 Å². The highest BCUT2D eigenvalue weighted by Crippen LogP contribution is 1.67. The normalized spacial score (nSPS) is 11.7. The highest BCUT2D eigenvalue weighted by molar-refractivity contribution is 7.90. The smallest absolute Gasteiger partial charge is 0.217 e. The molecule has 0 rings (SSSR count). The second-order valence-corrected chi connectivity index (χ2v) is 2.25. The Morgan fingerprint density at radius 1 is 1.67 bits per heavy atom. The molecule has 0 saturated heterocycles. The predicted molar refractivity (Wildman–Crippen MR) is 22.3 cm³/mol. The van der Waals surface area contributed by atoms with Gasteiger partial charge in [0.2, 0.25) is 10.0 Å². The SMILES string of the molecule is [CH]S(=O)(=O)NC. The maximum absolute atomic E-state index is 9.67. The largest absolute Gasteiger partial charge is 0.218 e. The van der Waals surface area contributed by atoms with Gasteiger partial charge in [0.05, 0.1) is 0 Å². The minimum absolute atomic E-state index is 1.25. The minimum Gasteiger partial charge on any atom is -0.218 e. The van der Waals surface area contributed by atoms with Crippen molar-refractivity contribution in [2.45, 2.75) is 0 Å². The summed E-state index contributed by atoms with van der Waals surface area (Å²) in [6.07, 6.45) is 4.40. The van der Waals surface area contributed by atoms with Crippen molar-refractivity contribution >= 4 is 10.0 Å². The van der Waals surface area contributed by atoms with E-state index in [1.165, 1.54) is 7.05 Å². The van der Waals surface area contributed by atoms with E-state index in [4.69, 9.17) is 0 Å². The van der Waals surface area contributed by atoms with Gasteiger partial charge < -0.3 is 0 Å². The molecule has 3 nitrogen and oxygen atoms in total. The molecule has 1 N–H and O–H groups in total. The quantitative estimate of drug-likeness (QED) is 0.477. The molecular formula is C2H5NO2S. The van der Waals surface area contributed by atoms with Crippen LogP contribution < -0.4 is 4.72 Å². The van der Waals surface area contributed by atoms with Crippen molar-refractivity contribution in [3.63, 3.8) is 0 Å². The molecule has 0 aromatic rings. The van der Waals surface area contributed by atoms with Crippen LogP contribution in [0.1, 0.15) is 0 Å². The summed E-state index contributed by atoms with van der Waals surface area (Å²) in [7, 11) is -2.17.